The molecule has 0 aliphatic carbocycles. The molecule has 1 aromatic heterocycles. The summed E-state index contributed by atoms with van der Waals surface area (Å²) >= 11 is 6.08. The van der Waals surface area contributed by atoms with Crippen molar-refractivity contribution in [3.05, 3.63) is 35.0 Å². The number of aromatic nitrogens is 1. The summed E-state index contributed by atoms with van der Waals surface area (Å²) in [5.74, 6) is 0. The second kappa shape index (κ2) is 3.61. The van der Waals surface area contributed by atoms with E-state index in [9.17, 15) is 0 Å². The van der Waals surface area contributed by atoms with Gasteiger partial charge in [-0.2, -0.15) is 0 Å². The van der Waals surface area contributed by atoms with E-state index in [1.54, 1.807) is 0 Å². The lowest BCUT2D eigenvalue weighted by Crippen LogP contribution is -2.21. The highest BCUT2D eigenvalue weighted by Gasteiger charge is 2.12. The molecule has 1 aromatic carbocycles. The van der Waals surface area contributed by atoms with Gasteiger partial charge in [0.05, 0.1) is 0 Å². The SMILES string of the molecule is NC[C@H](N)c1c(Cl)ccc2[nH]ccc12. The fraction of sp³-hybridized carbons (Fsp3) is 0.200. The molecule has 74 valence electrons. The van der Waals surface area contributed by atoms with Crippen LogP contribution >= 0.6 is 11.6 Å². The molecule has 0 radical (unpaired) electrons. The van der Waals surface area contributed by atoms with Crippen LogP contribution in [0.1, 0.15) is 11.6 Å². The maximum atomic E-state index is 6.08. The molecule has 3 nitrogen and oxygen atoms in total. The van der Waals surface area contributed by atoms with E-state index in [4.69, 9.17) is 23.1 Å². The molecule has 0 aliphatic heterocycles. The van der Waals surface area contributed by atoms with Crippen molar-refractivity contribution in [3.8, 4) is 0 Å². The molecule has 0 unspecified atom stereocenters. The third-order valence-corrected chi connectivity index (χ3v) is 2.68. The Hall–Kier alpha value is -1.03. The number of hydrogen-bond donors (Lipinski definition) is 3. The molecule has 0 amide bonds. The molecular formula is C10H12ClN3. The second-order valence-corrected chi connectivity index (χ2v) is 3.65. The minimum atomic E-state index is -0.206. The van der Waals surface area contributed by atoms with Crippen molar-refractivity contribution in [2.45, 2.75) is 6.04 Å². The van der Waals surface area contributed by atoms with E-state index in [2.05, 4.69) is 4.98 Å². The van der Waals surface area contributed by atoms with Gasteiger partial charge >= 0.3 is 0 Å². The Balaban J connectivity index is 2.70. The average molecular weight is 210 g/mol. The van der Waals surface area contributed by atoms with E-state index >= 15 is 0 Å². The Labute approximate surface area is 87.0 Å². The van der Waals surface area contributed by atoms with Crippen LogP contribution in [0.4, 0.5) is 0 Å². The zero-order valence-electron chi connectivity index (χ0n) is 7.63. The van der Waals surface area contributed by atoms with Crippen LogP contribution in [0.25, 0.3) is 10.9 Å². The number of aromatic amines is 1. The van der Waals surface area contributed by atoms with E-state index < -0.39 is 0 Å². The van der Waals surface area contributed by atoms with Gasteiger partial charge in [0.15, 0.2) is 0 Å². The molecule has 2 aromatic rings. The average Bonchev–Trinajstić information content (AvgIpc) is 2.64. The molecule has 2 rings (SSSR count). The van der Waals surface area contributed by atoms with Crippen molar-refractivity contribution in [1.82, 2.24) is 4.98 Å². The fourth-order valence-electron chi connectivity index (χ4n) is 1.62. The summed E-state index contributed by atoms with van der Waals surface area (Å²) in [5.41, 5.74) is 13.4. The number of benzene rings is 1. The number of nitrogens with two attached hydrogens (primary N) is 2. The highest BCUT2D eigenvalue weighted by atomic mass is 35.5. The maximum absolute atomic E-state index is 6.08. The summed E-state index contributed by atoms with van der Waals surface area (Å²) in [5, 5.41) is 1.73. The van der Waals surface area contributed by atoms with Gasteiger partial charge in [0.2, 0.25) is 0 Å². The monoisotopic (exact) mass is 209 g/mol. The number of fused-ring (bicyclic) bond motifs is 1. The lowest BCUT2D eigenvalue weighted by atomic mass is 10.0. The van der Waals surface area contributed by atoms with Crippen molar-refractivity contribution in [2.75, 3.05) is 6.54 Å². The van der Waals surface area contributed by atoms with Gasteiger partial charge in [0.25, 0.3) is 0 Å². The molecule has 0 aliphatic rings. The van der Waals surface area contributed by atoms with E-state index in [-0.39, 0.29) is 6.04 Å². The molecule has 0 saturated carbocycles. The molecular weight excluding hydrogens is 198 g/mol. The van der Waals surface area contributed by atoms with E-state index in [0.29, 0.717) is 11.6 Å². The third-order valence-electron chi connectivity index (χ3n) is 2.35. The van der Waals surface area contributed by atoms with Crippen LogP contribution in [0.15, 0.2) is 24.4 Å². The van der Waals surface area contributed by atoms with Crippen LogP contribution in [-0.4, -0.2) is 11.5 Å². The van der Waals surface area contributed by atoms with Gasteiger partial charge in [-0.05, 0) is 23.8 Å². The van der Waals surface area contributed by atoms with Gasteiger partial charge in [-0.1, -0.05) is 11.6 Å². The summed E-state index contributed by atoms with van der Waals surface area (Å²) in [7, 11) is 0. The summed E-state index contributed by atoms with van der Waals surface area (Å²) < 4.78 is 0. The number of hydrogen-bond acceptors (Lipinski definition) is 2. The second-order valence-electron chi connectivity index (χ2n) is 3.24. The zero-order chi connectivity index (χ0) is 10.1. The molecule has 0 fully saturated rings. The lowest BCUT2D eigenvalue weighted by molar-refractivity contribution is 0.743. The first-order valence-corrected chi connectivity index (χ1v) is 4.83. The van der Waals surface area contributed by atoms with Gasteiger partial charge in [-0.3, -0.25) is 0 Å². The third kappa shape index (κ3) is 1.39. The summed E-state index contributed by atoms with van der Waals surface area (Å²) in [6, 6.07) is 5.53. The first-order chi connectivity index (χ1) is 6.74. The fourth-order valence-corrected chi connectivity index (χ4v) is 1.93. The molecule has 0 saturated heterocycles. The van der Waals surface area contributed by atoms with E-state index in [1.807, 2.05) is 24.4 Å². The highest BCUT2D eigenvalue weighted by Crippen LogP contribution is 2.29. The smallest absolute Gasteiger partial charge is 0.0461 e. The molecule has 1 atom stereocenters. The minimum absolute atomic E-state index is 0.206. The molecule has 14 heavy (non-hydrogen) atoms. The van der Waals surface area contributed by atoms with Crippen molar-refractivity contribution in [1.29, 1.82) is 0 Å². The first kappa shape index (κ1) is 9.52. The summed E-state index contributed by atoms with van der Waals surface area (Å²) in [6.07, 6.45) is 1.87. The predicted octanol–water partition coefficient (Wildman–Crippen LogP) is 1.78. The molecule has 1 heterocycles. The number of H-pyrrole nitrogens is 1. The van der Waals surface area contributed by atoms with Crippen LogP contribution in [0, 0.1) is 0 Å². The normalized spacial score (nSPS) is 13.4. The molecule has 0 spiro atoms. The lowest BCUT2D eigenvalue weighted by Gasteiger charge is -2.12. The first-order valence-electron chi connectivity index (χ1n) is 4.45. The standard InChI is InChI=1S/C10H12ClN3/c11-7-1-2-9-6(3-4-14-9)10(7)8(13)5-12/h1-4,8,14H,5,12-13H2/t8-/m0/s1. The Kier molecular flexibility index (Phi) is 2.46. The maximum Gasteiger partial charge on any atom is 0.0461 e. The van der Waals surface area contributed by atoms with Gasteiger partial charge in [-0.25, -0.2) is 0 Å². The van der Waals surface area contributed by atoms with Gasteiger partial charge in [0, 0.05) is 34.7 Å². The highest BCUT2D eigenvalue weighted by molar-refractivity contribution is 6.32. The molecule has 0 bridgehead atoms. The van der Waals surface area contributed by atoms with Gasteiger partial charge < -0.3 is 16.5 Å². The van der Waals surface area contributed by atoms with Crippen molar-refractivity contribution in [2.24, 2.45) is 11.5 Å². The minimum Gasteiger partial charge on any atom is -0.361 e. The van der Waals surface area contributed by atoms with Crippen LogP contribution in [-0.2, 0) is 0 Å². The Morgan fingerprint density at radius 2 is 2.14 bits per heavy atom. The largest absolute Gasteiger partial charge is 0.361 e. The van der Waals surface area contributed by atoms with E-state index in [1.165, 1.54) is 0 Å². The topological polar surface area (TPSA) is 67.8 Å². The van der Waals surface area contributed by atoms with Crippen molar-refractivity contribution in [3.63, 3.8) is 0 Å². The van der Waals surface area contributed by atoms with Gasteiger partial charge in [0.1, 0.15) is 0 Å². The van der Waals surface area contributed by atoms with Crippen molar-refractivity contribution >= 4 is 22.5 Å². The van der Waals surface area contributed by atoms with Crippen molar-refractivity contribution < 1.29 is 0 Å². The number of nitrogens with one attached hydrogen (secondary N) is 1. The molecule has 5 N–H and O–H groups in total. The summed E-state index contributed by atoms with van der Waals surface area (Å²) in [6.45, 7) is 0.393. The van der Waals surface area contributed by atoms with Crippen LogP contribution in [0.3, 0.4) is 0 Å². The Morgan fingerprint density at radius 1 is 1.36 bits per heavy atom. The quantitative estimate of drug-likeness (QED) is 0.706. The number of halogens is 1. The zero-order valence-corrected chi connectivity index (χ0v) is 8.38. The van der Waals surface area contributed by atoms with Crippen LogP contribution < -0.4 is 11.5 Å². The Morgan fingerprint density at radius 3 is 2.86 bits per heavy atom. The predicted molar refractivity (Wildman–Crippen MR) is 59.3 cm³/mol. The van der Waals surface area contributed by atoms with Crippen LogP contribution in [0.2, 0.25) is 5.02 Å². The Bertz CT molecular complexity index is 450. The van der Waals surface area contributed by atoms with Crippen LogP contribution in [0.5, 0.6) is 0 Å². The number of rotatable bonds is 2. The van der Waals surface area contributed by atoms with Gasteiger partial charge in [-0.15, -0.1) is 0 Å². The summed E-state index contributed by atoms with van der Waals surface area (Å²) in [4.78, 5) is 3.11. The molecule has 4 heteroatoms. The van der Waals surface area contributed by atoms with E-state index in [0.717, 1.165) is 16.5 Å².